The van der Waals surface area contributed by atoms with E-state index in [1.165, 1.54) is 11.8 Å². The Morgan fingerprint density at radius 2 is 1.74 bits per heavy atom. The van der Waals surface area contributed by atoms with Gasteiger partial charge in [0.2, 0.25) is 5.91 Å². The van der Waals surface area contributed by atoms with Gasteiger partial charge in [-0.2, -0.15) is 0 Å². The number of rotatable bonds is 6. The highest BCUT2D eigenvalue weighted by Crippen LogP contribution is 2.24. The van der Waals surface area contributed by atoms with Gasteiger partial charge in [0, 0.05) is 6.04 Å². The summed E-state index contributed by atoms with van der Waals surface area (Å²) in [6.45, 7) is 5.82. The third-order valence-electron chi connectivity index (χ3n) is 4.23. The van der Waals surface area contributed by atoms with Gasteiger partial charge in [-0.3, -0.25) is 14.2 Å². The van der Waals surface area contributed by atoms with Gasteiger partial charge >= 0.3 is 0 Å². The Kier molecular flexibility index (Phi) is 5.96. The molecule has 0 aliphatic carbocycles. The van der Waals surface area contributed by atoms with Gasteiger partial charge in [-0.15, -0.1) is 0 Å². The van der Waals surface area contributed by atoms with E-state index in [0.29, 0.717) is 16.1 Å². The molecule has 6 heteroatoms. The summed E-state index contributed by atoms with van der Waals surface area (Å²) in [6.07, 6.45) is 0. The molecule has 3 aromatic rings. The van der Waals surface area contributed by atoms with E-state index in [1.54, 1.807) is 10.6 Å². The van der Waals surface area contributed by atoms with Crippen LogP contribution in [0.25, 0.3) is 10.9 Å². The number of carbonyl (C=O) groups excluding carboxylic acids is 1. The third-order valence-corrected chi connectivity index (χ3v) is 5.18. The summed E-state index contributed by atoms with van der Waals surface area (Å²) in [4.78, 5) is 30.0. The molecule has 1 N–H and O–H groups in total. The van der Waals surface area contributed by atoms with Crippen molar-refractivity contribution in [1.82, 2.24) is 14.9 Å². The fourth-order valence-electron chi connectivity index (χ4n) is 2.94. The summed E-state index contributed by atoms with van der Waals surface area (Å²) in [6, 6.07) is 17.0. The molecule has 140 valence electrons. The summed E-state index contributed by atoms with van der Waals surface area (Å²) in [5.74, 6) is 0.140. The van der Waals surface area contributed by atoms with E-state index >= 15 is 0 Å². The quantitative estimate of drug-likeness (QED) is 0.523. The van der Waals surface area contributed by atoms with Crippen LogP contribution in [-0.4, -0.2) is 27.3 Å². The van der Waals surface area contributed by atoms with Crippen molar-refractivity contribution in [1.29, 1.82) is 0 Å². The number of nitrogens with one attached hydrogen (secondary N) is 1. The molecule has 0 saturated heterocycles. The molecule has 0 bridgehead atoms. The lowest BCUT2D eigenvalue weighted by Crippen LogP contribution is -2.32. The Hall–Kier alpha value is -2.60. The van der Waals surface area contributed by atoms with Crippen LogP contribution in [0.1, 0.15) is 32.4 Å². The second kappa shape index (κ2) is 8.39. The summed E-state index contributed by atoms with van der Waals surface area (Å²) in [5.41, 5.74) is 1.57. The molecule has 0 aliphatic rings. The van der Waals surface area contributed by atoms with Gasteiger partial charge < -0.3 is 5.32 Å². The van der Waals surface area contributed by atoms with Gasteiger partial charge in [-0.25, -0.2) is 4.98 Å². The van der Waals surface area contributed by atoms with E-state index in [2.05, 4.69) is 10.3 Å². The maximum Gasteiger partial charge on any atom is 0.262 e. The van der Waals surface area contributed by atoms with Crippen LogP contribution < -0.4 is 10.9 Å². The van der Waals surface area contributed by atoms with E-state index in [0.717, 1.165) is 5.56 Å². The van der Waals surface area contributed by atoms with Crippen LogP contribution in [0.4, 0.5) is 0 Å². The molecular formula is C21H23N3O2S. The van der Waals surface area contributed by atoms with Crippen LogP contribution >= 0.6 is 11.8 Å². The SMILES string of the molecule is CC(C)NC(=O)CSc1nc2ccccc2c(=O)n1[C@@H](C)c1ccccc1. The number of carbonyl (C=O) groups is 1. The van der Waals surface area contributed by atoms with Crippen molar-refractivity contribution in [3.8, 4) is 0 Å². The third kappa shape index (κ3) is 4.39. The Bertz CT molecular complexity index is 999. The molecule has 0 unspecified atom stereocenters. The van der Waals surface area contributed by atoms with Gasteiger partial charge in [-0.1, -0.05) is 54.2 Å². The van der Waals surface area contributed by atoms with E-state index in [4.69, 9.17) is 0 Å². The number of nitrogens with zero attached hydrogens (tertiary/aromatic N) is 2. The summed E-state index contributed by atoms with van der Waals surface area (Å²) >= 11 is 1.29. The number of para-hydroxylation sites is 1. The molecule has 0 aliphatic heterocycles. The summed E-state index contributed by atoms with van der Waals surface area (Å²) < 4.78 is 1.69. The first-order valence-corrected chi connectivity index (χ1v) is 9.94. The molecule has 1 atom stereocenters. The number of thioether (sulfide) groups is 1. The second-order valence-electron chi connectivity index (χ2n) is 6.68. The van der Waals surface area contributed by atoms with Gasteiger partial charge in [0.1, 0.15) is 0 Å². The molecular weight excluding hydrogens is 358 g/mol. The topological polar surface area (TPSA) is 64.0 Å². The van der Waals surface area contributed by atoms with Gasteiger partial charge in [0.15, 0.2) is 5.16 Å². The highest BCUT2D eigenvalue weighted by Gasteiger charge is 2.18. The van der Waals surface area contributed by atoms with Crippen LogP contribution in [0, 0.1) is 0 Å². The zero-order valence-electron chi connectivity index (χ0n) is 15.7. The molecule has 1 amide bonds. The highest BCUT2D eigenvalue weighted by molar-refractivity contribution is 7.99. The maximum atomic E-state index is 13.2. The van der Waals surface area contributed by atoms with Gasteiger partial charge in [-0.05, 0) is 38.5 Å². The van der Waals surface area contributed by atoms with Crippen molar-refractivity contribution in [2.45, 2.75) is 38.0 Å². The number of hydrogen-bond acceptors (Lipinski definition) is 4. The number of fused-ring (bicyclic) bond motifs is 1. The average Bonchev–Trinajstić information content (AvgIpc) is 2.66. The Labute approximate surface area is 162 Å². The Balaban J connectivity index is 2.05. The van der Waals surface area contributed by atoms with Crippen LogP contribution in [0.5, 0.6) is 0 Å². The molecule has 0 fully saturated rings. The Morgan fingerprint density at radius 1 is 1.07 bits per heavy atom. The molecule has 1 heterocycles. The predicted octanol–water partition coefficient (Wildman–Crippen LogP) is 3.62. The summed E-state index contributed by atoms with van der Waals surface area (Å²) in [7, 11) is 0. The van der Waals surface area contributed by atoms with Gasteiger partial charge in [0.05, 0.1) is 22.7 Å². The summed E-state index contributed by atoms with van der Waals surface area (Å²) in [5, 5.41) is 4.00. The van der Waals surface area contributed by atoms with Crippen molar-refractivity contribution in [2.75, 3.05) is 5.75 Å². The molecule has 0 saturated carbocycles. The lowest BCUT2D eigenvalue weighted by atomic mass is 10.1. The zero-order valence-corrected chi connectivity index (χ0v) is 16.5. The van der Waals surface area contributed by atoms with E-state index in [1.807, 2.05) is 69.3 Å². The largest absolute Gasteiger partial charge is 0.353 e. The lowest BCUT2D eigenvalue weighted by Gasteiger charge is -2.20. The Morgan fingerprint density at radius 3 is 2.44 bits per heavy atom. The number of amides is 1. The highest BCUT2D eigenvalue weighted by atomic mass is 32.2. The van der Waals surface area contributed by atoms with Crippen LogP contribution in [0.2, 0.25) is 0 Å². The van der Waals surface area contributed by atoms with E-state index < -0.39 is 0 Å². The van der Waals surface area contributed by atoms with Crippen molar-refractivity contribution in [2.24, 2.45) is 0 Å². The van der Waals surface area contributed by atoms with Crippen molar-refractivity contribution in [3.05, 3.63) is 70.5 Å². The molecule has 1 aromatic heterocycles. The fraction of sp³-hybridized carbons (Fsp3) is 0.286. The fourth-order valence-corrected chi connectivity index (χ4v) is 3.83. The van der Waals surface area contributed by atoms with E-state index in [9.17, 15) is 9.59 Å². The van der Waals surface area contributed by atoms with Gasteiger partial charge in [0.25, 0.3) is 5.56 Å². The zero-order chi connectivity index (χ0) is 19.4. The molecule has 0 radical (unpaired) electrons. The van der Waals surface area contributed by atoms with E-state index in [-0.39, 0.29) is 29.3 Å². The molecule has 0 spiro atoms. The smallest absolute Gasteiger partial charge is 0.262 e. The molecule has 3 rings (SSSR count). The predicted molar refractivity (Wildman–Crippen MR) is 110 cm³/mol. The minimum atomic E-state index is -0.188. The van der Waals surface area contributed by atoms with Crippen molar-refractivity contribution in [3.63, 3.8) is 0 Å². The standard InChI is InChI=1S/C21H23N3O2S/c1-14(2)22-19(25)13-27-21-23-18-12-8-7-11-17(18)20(26)24(21)15(3)16-9-5-4-6-10-16/h4-12,14-15H,13H2,1-3H3,(H,22,25)/t15-/m0/s1. The normalized spacial score (nSPS) is 12.3. The first-order valence-electron chi connectivity index (χ1n) is 8.95. The lowest BCUT2D eigenvalue weighted by molar-refractivity contribution is -0.119. The number of hydrogen-bond donors (Lipinski definition) is 1. The first-order chi connectivity index (χ1) is 13.0. The van der Waals surface area contributed by atoms with Crippen LogP contribution in [0.3, 0.4) is 0 Å². The molecule has 27 heavy (non-hydrogen) atoms. The maximum absolute atomic E-state index is 13.2. The minimum Gasteiger partial charge on any atom is -0.353 e. The minimum absolute atomic E-state index is 0.0729. The molecule has 2 aromatic carbocycles. The van der Waals surface area contributed by atoms with Crippen molar-refractivity contribution < 1.29 is 4.79 Å². The van der Waals surface area contributed by atoms with Crippen LogP contribution in [0.15, 0.2) is 64.5 Å². The average molecular weight is 382 g/mol. The monoisotopic (exact) mass is 381 g/mol. The number of benzene rings is 2. The van der Waals surface area contributed by atoms with Crippen molar-refractivity contribution >= 4 is 28.6 Å². The first kappa shape index (κ1) is 19.2. The molecule has 5 nitrogen and oxygen atoms in total. The number of aromatic nitrogens is 2. The van der Waals surface area contributed by atoms with Crippen LogP contribution in [-0.2, 0) is 4.79 Å². The second-order valence-corrected chi connectivity index (χ2v) is 7.63.